The minimum atomic E-state index is -0.833. The molecule has 4 N–H and O–H groups in total. The average Bonchev–Trinajstić information content (AvgIpc) is 2.49. The first-order chi connectivity index (χ1) is 10.6. The van der Waals surface area contributed by atoms with Gasteiger partial charge in [0.05, 0.1) is 50.8 Å². The van der Waals surface area contributed by atoms with Gasteiger partial charge in [0.2, 0.25) is 0 Å². The Labute approximate surface area is 139 Å². The van der Waals surface area contributed by atoms with Gasteiger partial charge in [-0.05, 0) is 27.7 Å². The third kappa shape index (κ3) is 33.8. The smallest absolute Gasteiger partial charge is 0.300 e. The number of hydrogen-bond acceptors (Lipinski definition) is 7. The van der Waals surface area contributed by atoms with E-state index < -0.39 is 12.1 Å². The van der Waals surface area contributed by atoms with Crippen LogP contribution in [0.2, 0.25) is 0 Å². The molecule has 0 aliphatic carbocycles. The zero-order chi connectivity index (χ0) is 18.8. The van der Waals surface area contributed by atoms with E-state index in [0.717, 1.165) is 6.92 Å². The number of aliphatic carboxylic acids is 1. The molecule has 0 radical (unpaired) electrons. The zero-order valence-electron chi connectivity index (χ0n) is 15.1. The Morgan fingerprint density at radius 2 is 1.26 bits per heavy atom. The maximum Gasteiger partial charge on any atom is 0.300 e. The SMILES string of the molecule is CC(=O)O.CC(O)COC(C)CO.COC(C)COC(C)CO. The fourth-order valence-electron chi connectivity index (χ4n) is 0.777. The highest BCUT2D eigenvalue weighted by atomic mass is 16.5. The summed E-state index contributed by atoms with van der Waals surface area (Å²) in [6.07, 6.45) is -0.592. The van der Waals surface area contributed by atoms with Crippen molar-refractivity contribution in [3.63, 3.8) is 0 Å². The number of methoxy groups -OCH3 is 1. The fourth-order valence-corrected chi connectivity index (χ4v) is 0.777. The van der Waals surface area contributed by atoms with Gasteiger partial charge in [-0.3, -0.25) is 4.79 Å². The summed E-state index contributed by atoms with van der Waals surface area (Å²) in [5.74, 6) is -0.833. The van der Waals surface area contributed by atoms with Gasteiger partial charge in [-0.15, -0.1) is 0 Å². The standard InChI is InChI=1S/C7H16O3.C6H14O3.C2H4O2/c1-6(4-8)10-5-7(2)9-3;1-5(8)4-9-6(2)3-7;1-2(3)4/h6-8H,4-5H2,1-3H3;5-8H,3-4H2,1-2H3;1H3,(H,3,4). The summed E-state index contributed by atoms with van der Waals surface area (Å²) in [6, 6.07) is 0. The van der Waals surface area contributed by atoms with E-state index in [2.05, 4.69) is 0 Å². The first-order valence-corrected chi connectivity index (χ1v) is 7.45. The van der Waals surface area contributed by atoms with Crippen LogP contribution in [-0.4, -0.2) is 84.3 Å². The Morgan fingerprint density at radius 1 is 0.913 bits per heavy atom. The number of carbonyl (C=O) groups is 1. The van der Waals surface area contributed by atoms with E-state index in [0.29, 0.717) is 13.2 Å². The lowest BCUT2D eigenvalue weighted by Gasteiger charge is -2.13. The molecular formula is C15H34O8. The van der Waals surface area contributed by atoms with E-state index in [1.165, 1.54) is 0 Å². The number of carboxylic acids is 1. The van der Waals surface area contributed by atoms with Crippen molar-refractivity contribution in [2.45, 2.75) is 59.0 Å². The number of aliphatic hydroxyl groups excluding tert-OH is 3. The van der Waals surface area contributed by atoms with Gasteiger partial charge in [-0.1, -0.05) is 0 Å². The highest BCUT2D eigenvalue weighted by molar-refractivity contribution is 5.62. The third-order valence-corrected chi connectivity index (χ3v) is 2.15. The highest BCUT2D eigenvalue weighted by Gasteiger charge is 2.03. The summed E-state index contributed by atoms with van der Waals surface area (Å²) in [4.78, 5) is 9.00. The Balaban J connectivity index is -0.000000284. The van der Waals surface area contributed by atoms with E-state index in [1.807, 2.05) is 13.8 Å². The van der Waals surface area contributed by atoms with Crippen LogP contribution in [0.4, 0.5) is 0 Å². The number of hydrogen-bond donors (Lipinski definition) is 4. The topological polar surface area (TPSA) is 126 Å². The van der Waals surface area contributed by atoms with Gasteiger partial charge in [0.1, 0.15) is 0 Å². The molecule has 8 nitrogen and oxygen atoms in total. The molecule has 0 aliphatic rings. The van der Waals surface area contributed by atoms with Crippen molar-refractivity contribution in [3.8, 4) is 0 Å². The number of carboxylic acid groups (broad SMARTS) is 1. The van der Waals surface area contributed by atoms with Crippen molar-refractivity contribution >= 4 is 5.97 Å². The molecular weight excluding hydrogens is 308 g/mol. The zero-order valence-corrected chi connectivity index (χ0v) is 15.1. The second kappa shape index (κ2) is 19.3. The molecule has 0 saturated carbocycles. The second-order valence-corrected chi connectivity index (χ2v) is 5.07. The molecule has 0 aliphatic heterocycles. The first-order valence-electron chi connectivity index (χ1n) is 7.45. The molecule has 0 bridgehead atoms. The quantitative estimate of drug-likeness (QED) is 0.470. The number of rotatable bonds is 9. The normalized spacial score (nSPS) is 15.2. The van der Waals surface area contributed by atoms with Crippen molar-refractivity contribution < 1.29 is 39.4 Å². The maximum atomic E-state index is 9.00. The molecule has 0 spiro atoms. The van der Waals surface area contributed by atoms with Crippen LogP contribution < -0.4 is 0 Å². The Hall–Kier alpha value is -0.770. The van der Waals surface area contributed by atoms with Gasteiger partial charge in [0, 0.05) is 14.0 Å². The van der Waals surface area contributed by atoms with Crippen LogP contribution in [0.25, 0.3) is 0 Å². The lowest BCUT2D eigenvalue weighted by atomic mass is 10.4. The Kier molecular flexibility index (Phi) is 22.7. The molecule has 142 valence electrons. The van der Waals surface area contributed by atoms with E-state index in [-0.39, 0.29) is 31.5 Å². The van der Waals surface area contributed by atoms with Gasteiger partial charge in [-0.2, -0.15) is 0 Å². The minimum absolute atomic E-state index is 0.00667. The molecule has 4 unspecified atom stereocenters. The monoisotopic (exact) mass is 342 g/mol. The molecule has 0 aromatic heterocycles. The van der Waals surface area contributed by atoms with Crippen molar-refractivity contribution in [1.29, 1.82) is 0 Å². The van der Waals surface area contributed by atoms with Gasteiger partial charge in [0.15, 0.2) is 0 Å². The average molecular weight is 342 g/mol. The van der Waals surface area contributed by atoms with E-state index in [4.69, 9.17) is 39.4 Å². The van der Waals surface area contributed by atoms with Crippen LogP contribution in [0.15, 0.2) is 0 Å². The van der Waals surface area contributed by atoms with E-state index in [1.54, 1.807) is 21.0 Å². The van der Waals surface area contributed by atoms with Gasteiger partial charge in [0.25, 0.3) is 5.97 Å². The van der Waals surface area contributed by atoms with Crippen LogP contribution >= 0.6 is 0 Å². The minimum Gasteiger partial charge on any atom is -0.481 e. The predicted molar refractivity (Wildman–Crippen MR) is 86.5 cm³/mol. The van der Waals surface area contributed by atoms with Crippen molar-refractivity contribution in [2.24, 2.45) is 0 Å². The van der Waals surface area contributed by atoms with E-state index >= 15 is 0 Å². The van der Waals surface area contributed by atoms with Gasteiger partial charge >= 0.3 is 0 Å². The summed E-state index contributed by atoms with van der Waals surface area (Å²) in [7, 11) is 1.64. The van der Waals surface area contributed by atoms with Crippen LogP contribution in [0, 0.1) is 0 Å². The lowest BCUT2D eigenvalue weighted by molar-refractivity contribution is -0.134. The molecule has 4 atom stereocenters. The molecule has 0 aromatic rings. The Morgan fingerprint density at radius 3 is 1.52 bits per heavy atom. The van der Waals surface area contributed by atoms with E-state index in [9.17, 15) is 0 Å². The van der Waals surface area contributed by atoms with Crippen LogP contribution in [0.1, 0.15) is 34.6 Å². The molecule has 0 amide bonds. The summed E-state index contributed by atoms with van der Waals surface area (Å²) >= 11 is 0. The molecule has 8 heteroatoms. The summed E-state index contributed by atoms with van der Waals surface area (Å²) < 4.78 is 15.1. The Bertz CT molecular complexity index is 234. The van der Waals surface area contributed by atoms with Crippen molar-refractivity contribution in [1.82, 2.24) is 0 Å². The fraction of sp³-hybridized carbons (Fsp3) is 0.933. The van der Waals surface area contributed by atoms with Crippen LogP contribution in [-0.2, 0) is 19.0 Å². The summed E-state index contributed by atoms with van der Waals surface area (Å²) in [5.41, 5.74) is 0. The first kappa shape index (κ1) is 27.1. The van der Waals surface area contributed by atoms with Crippen LogP contribution in [0.5, 0.6) is 0 Å². The largest absolute Gasteiger partial charge is 0.481 e. The molecule has 0 saturated heterocycles. The molecule has 0 fully saturated rings. The molecule has 0 aromatic carbocycles. The maximum absolute atomic E-state index is 9.00. The summed E-state index contributed by atoms with van der Waals surface area (Å²) in [6.45, 7) is 9.13. The molecule has 23 heavy (non-hydrogen) atoms. The van der Waals surface area contributed by atoms with Gasteiger partial charge < -0.3 is 34.6 Å². The molecule has 0 heterocycles. The second-order valence-electron chi connectivity index (χ2n) is 5.07. The predicted octanol–water partition coefficient (Wildman–Crippen LogP) is 0.274. The van der Waals surface area contributed by atoms with Crippen molar-refractivity contribution in [2.75, 3.05) is 33.5 Å². The van der Waals surface area contributed by atoms with Crippen molar-refractivity contribution in [3.05, 3.63) is 0 Å². The molecule has 0 rings (SSSR count). The van der Waals surface area contributed by atoms with Crippen LogP contribution in [0.3, 0.4) is 0 Å². The lowest BCUT2D eigenvalue weighted by Crippen LogP contribution is -2.21. The summed E-state index contributed by atoms with van der Waals surface area (Å²) in [5, 5.41) is 33.1. The van der Waals surface area contributed by atoms with Gasteiger partial charge in [-0.25, -0.2) is 0 Å². The third-order valence-electron chi connectivity index (χ3n) is 2.15. The number of aliphatic hydroxyl groups is 3. The highest BCUT2D eigenvalue weighted by Crippen LogP contribution is 1.93. The number of ether oxygens (including phenoxy) is 3.